The molecule has 0 bridgehead atoms. The van der Waals surface area contributed by atoms with Crippen molar-refractivity contribution in [1.29, 1.82) is 0 Å². The van der Waals surface area contributed by atoms with Gasteiger partial charge in [-0.25, -0.2) is 8.42 Å². The summed E-state index contributed by atoms with van der Waals surface area (Å²) < 4.78 is 33.8. The lowest BCUT2D eigenvalue weighted by Crippen LogP contribution is -2.32. The molecule has 1 fully saturated rings. The molecule has 134 valence electrons. The van der Waals surface area contributed by atoms with Crippen LogP contribution in [-0.4, -0.2) is 33.6 Å². The highest BCUT2D eigenvalue weighted by atomic mass is 79.9. The zero-order valence-corrected chi connectivity index (χ0v) is 16.4. The summed E-state index contributed by atoms with van der Waals surface area (Å²) in [6, 6.07) is 9.71. The molecule has 1 saturated heterocycles. The molecule has 2 aromatic rings. The fraction of sp³-hybridized carbons (Fsp3) is 0.312. The quantitative estimate of drug-likeness (QED) is 0.715. The molecule has 1 atom stereocenters. The first-order valence-corrected chi connectivity index (χ1v) is 10.8. The molecule has 1 amide bonds. The number of sulfonamides is 1. The van der Waals surface area contributed by atoms with E-state index in [1.807, 2.05) is 0 Å². The molecule has 2 heterocycles. The van der Waals surface area contributed by atoms with Crippen molar-refractivity contribution in [3.8, 4) is 0 Å². The highest BCUT2D eigenvalue weighted by molar-refractivity contribution is 9.11. The van der Waals surface area contributed by atoms with E-state index >= 15 is 0 Å². The van der Waals surface area contributed by atoms with Crippen LogP contribution in [0.15, 0.2) is 44.4 Å². The first-order valence-electron chi connectivity index (χ1n) is 7.73. The van der Waals surface area contributed by atoms with E-state index in [9.17, 15) is 13.2 Å². The molecule has 3 rings (SSSR count). The molecule has 0 spiro atoms. The van der Waals surface area contributed by atoms with Crippen LogP contribution in [-0.2, 0) is 14.8 Å². The molecule has 1 aliphatic heterocycles. The maximum Gasteiger partial charge on any atom is 0.271 e. The van der Waals surface area contributed by atoms with Gasteiger partial charge in [0.1, 0.15) is 4.21 Å². The van der Waals surface area contributed by atoms with Gasteiger partial charge in [-0.3, -0.25) is 9.52 Å². The smallest absolute Gasteiger partial charge is 0.271 e. The Labute approximate surface area is 158 Å². The summed E-state index contributed by atoms with van der Waals surface area (Å²) in [5.74, 6) is -0.332. The predicted octanol–water partition coefficient (Wildman–Crippen LogP) is 3.22. The third-order valence-electron chi connectivity index (χ3n) is 3.74. The molecule has 2 N–H and O–H groups in total. The van der Waals surface area contributed by atoms with Gasteiger partial charge in [-0.15, -0.1) is 11.3 Å². The second kappa shape index (κ2) is 7.86. The Morgan fingerprint density at radius 2 is 2.08 bits per heavy atom. The van der Waals surface area contributed by atoms with Gasteiger partial charge in [-0.05, 0) is 53.0 Å². The van der Waals surface area contributed by atoms with Crippen molar-refractivity contribution >= 4 is 48.9 Å². The average Bonchev–Trinajstić information content (AvgIpc) is 3.24. The van der Waals surface area contributed by atoms with Gasteiger partial charge < -0.3 is 10.1 Å². The zero-order valence-electron chi connectivity index (χ0n) is 13.2. The van der Waals surface area contributed by atoms with Crippen LogP contribution >= 0.6 is 27.3 Å². The van der Waals surface area contributed by atoms with Crippen LogP contribution in [0, 0.1) is 0 Å². The van der Waals surface area contributed by atoms with Gasteiger partial charge in [0.15, 0.2) is 0 Å². The van der Waals surface area contributed by atoms with Crippen LogP contribution in [0.2, 0.25) is 0 Å². The molecule has 9 heteroatoms. The number of rotatable bonds is 6. The van der Waals surface area contributed by atoms with Crippen LogP contribution in [0.5, 0.6) is 0 Å². The van der Waals surface area contributed by atoms with E-state index in [0.717, 1.165) is 28.0 Å². The number of para-hydroxylation sites is 1. The fourth-order valence-electron chi connectivity index (χ4n) is 2.51. The summed E-state index contributed by atoms with van der Waals surface area (Å²) >= 11 is 4.36. The Bertz CT molecular complexity index is 861. The number of thiophene rings is 1. The van der Waals surface area contributed by atoms with Crippen LogP contribution in [0.4, 0.5) is 5.69 Å². The van der Waals surface area contributed by atoms with E-state index in [4.69, 9.17) is 4.74 Å². The Morgan fingerprint density at radius 1 is 1.28 bits per heavy atom. The minimum Gasteiger partial charge on any atom is -0.376 e. The van der Waals surface area contributed by atoms with Crippen LogP contribution in [0.25, 0.3) is 0 Å². The molecule has 0 radical (unpaired) electrons. The van der Waals surface area contributed by atoms with Gasteiger partial charge in [0.05, 0.1) is 21.1 Å². The van der Waals surface area contributed by atoms with Crippen molar-refractivity contribution in [2.75, 3.05) is 17.9 Å². The highest BCUT2D eigenvalue weighted by Gasteiger charge is 2.21. The third kappa shape index (κ3) is 4.60. The SMILES string of the molecule is O=C(NC[C@H]1CCCO1)c1ccccc1NS(=O)(=O)c1ccc(Br)s1. The number of hydrogen-bond donors (Lipinski definition) is 2. The summed E-state index contributed by atoms with van der Waals surface area (Å²) in [6.07, 6.45) is 1.94. The number of nitrogens with one attached hydrogen (secondary N) is 2. The highest BCUT2D eigenvalue weighted by Crippen LogP contribution is 2.28. The van der Waals surface area contributed by atoms with Gasteiger partial charge >= 0.3 is 0 Å². The third-order valence-corrected chi connectivity index (χ3v) is 7.22. The first-order chi connectivity index (χ1) is 12.0. The fourth-order valence-corrected chi connectivity index (χ4v) is 5.60. The minimum atomic E-state index is -3.75. The van der Waals surface area contributed by atoms with Crippen molar-refractivity contribution in [3.05, 3.63) is 45.7 Å². The zero-order chi connectivity index (χ0) is 17.9. The number of halogens is 1. The molecule has 0 aliphatic carbocycles. The van der Waals surface area contributed by atoms with Crippen molar-refractivity contribution < 1.29 is 17.9 Å². The van der Waals surface area contributed by atoms with E-state index in [0.29, 0.717) is 13.2 Å². The number of benzene rings is 1. The van der Waals surface area contributed by atoms with Crippen molar-refractivity contribution in [1.82, 2.24) is 5.32 Å². The Kier molecular flexibility index (Phi) is 5.78. The number of amides is 1. The van der Waals surface area contributed by atoms with Crippen molar-refractivity contribution in [2.24, 2.45) is 0 Å². The minimum absolute atomic E-state index is 0.0243. The lowest BCUT2D eigenvalue weighted by molar-refractivity contribution is 0.0858. The average molecular weight is 445 g/mol. The molecule has 6 nitrogen and oxygen atoms in total. The molecular formula is C16H17BrN2O4S2. The van der Waals surface area contributed by atoms with E-state index in [1.54, 1.807) is 30.3 Å². The molecule has 0 saturated carbocycles. The van der Waals surface area contributed by atoms with Crippen LogP contribution in [0.3, 0.4) is 0 Å². The molecule has 1 aromatic carbocycles. The Morgan fingerprint density at radius 3 is 2.76 bits per heavy atom. The lowest BCUT2D eigenvalue weighted by atomic mass is 10.1. The van der Waals surface area contributed by atoms with E-state index in [2.05, 4.69) is 26.0 Å². The summed E-state index contributed by atoms with van der Waals surface area (Å²) in [6.45, 7) is 1.13. The number of carbonyl (C=O) groups is 1. The van der Waals surface area contributed by atoms with Crippen molar-refractivity contribution in [3.63, 3.8) is 0 Å². The topological polar surface area (TPSA) is 84.5 Å². The summed E-state index contributed by atoms with van der Waals surface area (Å²) in [5, 5.41) is 2.81. The Balaban J connectivity index is 1.75. The van der Waals surface area contributed by atoms with E-state index in [1.165, 1.54) is 6.07 Å². The molecule has 1 aliphatic rings. The second-order valence-corrected chi connectivity index (χ2v) is 9.93. The van der Waals surface area contributed by atoms with Gasteiger partial charge in [-0.1, -0.05) is 12.1 Å². The summed E-state index contributed by atoms with van der Waals surface area (Å²) in [4.78, 5) is 12.4. The van der Waals surface area contributed by atoms with E-state index < -0.39 is 10.0 Å². The van der Waals surface area contributed by atoms with Gasteiger partial charge in [0.2, 0.25) is 0 Å². The number of carbonyl (C=O) groups excluding carboxylic acids is 1. The number of hydrogen-bond acceptors (Lipinski definition) is 5. The van der Waals surface area contributed by atoms with Gasteiger partial charge in [0, 0.05) is 13.2 Å². The maximum absolute atomic E-state index is 12.5. The second-order valence-electron chi connectivity index (χ2n) is 5.55. The predicted molar refractivity (Wildman–Crippen MR) is 101 cm³/mol. The number of anilines is 1. The lowest BCUT2D eigenvalue weighted by Gasteiger charge is -2.14. The maximum atomic E-state index is 12.5. The Hall–Kier alpha value is -1.42. The summed E-state index contributed by atoms with van der Waals surface area (Å²) in [7, 11) is -3.75. The largest absolute Gasteiger partial charge is 0.376 e. The summed E-state index contributed by atoms with van der Waals surface area (Å²) in [5.41, 5.74) is 0.525. The number of ether oxygens (including phenoxy) is 1. The molecule has 25 heavy (non-hydrogen) atoms. The first kappa shape index (κ1) is 18.4. The molecular weight excluding hydrogens is 428 g/mol. The molecule has 0 unspecified atom stereocenters. The van der Waals surface area contributed by atoms with Crippen LogP contribution in [0.1, 0.15) is 23.2 Å². The van der Waals surface area contributed by atoms with E-state index in [-0.39, 0.29) is 27.5 Å². The monoisotopic (exact) mass is 444 g/mol. The standard InChI is InChI=1S/C16H17BrN2O4S2/c17-14-7-8-15(24-14)25(21,22)19-13-6-2-1-5-12(13)16(20)18-10-11-4-3-9-23-11/h1-2,5-8,11,19H,3-4,9-10H2,(H,18,20)/t11-/m1/s1. The van der Waals surface area contributed by atoms with Gasteiger partial charge in [-0.2, -0.15) is 0 Å². The van der Waals surface area contributed by atoms with Gasteiger partial charge in [0.25, 0.3) is 15.9 Å². The van der Waals surface area contributed by atoms with Crippen molar-refractivity contribution in [2.45, 2.75) is 23.2 Å². The normalized spacial score (nSPS) is 17.4. The molecule has 1 aromatic heterocycles. The van der Waals surface area contributed by atoms with Crippen LogP contribution < -0.4 is 10.0 Å².